The number of hydrogen-bond acceptors (Lipinski definition) is 5. The Morgan fingerprint density at radius 3 is 2.91 bits per heavy atom. The van der Waals surface area contributed by atoms with Crippen LogP contribution in [0, 0.1) is 5.41 Å². The quantitative estimate of drug-likeness (QED) is 0.851. The minimum Gasteiger partial charge on any atom is -0.381 e. The van der Waals surface area contributed by atoms with E-state index in [9.17, 15) is 0 Å². The summed E-state index contributed by atoms with van der Waals surface area (Å²) in [6, 6.07) is 2.14. The van der Waals surface area contributed by atoms with Crippen LogP contribution in [0.25, 0.3) is 11.5 Å². The van der Waals surface area contributed by atoms with Crippen molar-refractivity contribution in [1.82, 2.24) is 15.1 Å². The number of ether oxygens (including phenoxy) is 1. The van der Waals surface area contributed by atoms with E-state index in [1.54, 1.807) is 0 Å². The monoisotopic (exact) mass is 311 g/mol. The summed E-state index contributed by atoms with van der Waals surface area (Å²) in [4.78, 5) is 9.27. The molecule has 120 valence electrons. The highest BCUT2D eigenvalue weighted by Crippen LogP contribution is 2.64. The molecule has 5 nitrogen and oxygen atoms in total. The second kappa shape index (κ2) is 5.13. The lowest BCUT2D eigenvalue weighted by Gasteiger charge is -2.21. The van der Waals surface area contributed by atoms with Crippen molar-refractivity contribution >= 4 is 0 Å². The van der Waals surface area contributed by atoms with E-state index < -0.39 is 0 Å². The summed E-state index contributed by atoms with van der Waals surface area (Å²) in [5.41, 5.74) is 4.02. The van der Waals surface area contributed by atoms with Crippen LogP contribution in [0.2, 0.25) is 0 Å². The number of hydrogen-bond donors (Lipinski definition) is 0. The minimum absolute atomic E-state index is 0.367. The molecule has 0 radical (unpaired) electrons. The van der Waals surface area contributed by atoms with Crippen molar-refractivity contribution in [2.75, 3.05) is 13.2 Å². The normalized spacial score (nSPS) is 25.3. The Balaban J connectivity index is 1.45. The highest BCUT2D eigenvalue weighted by molar-refractivity contribution is 5.57. The SMILES string of the molecule is c1cc2c(c(-c3noc(C4CC45CCOCC5)n3)n1)CCCC2. The van der Waals surface area contributed by atoms with Gasteiger partial charge in [-0.05, 0) is 67.6 Å². The molecule has 0 aromatic carbocycles. The van der Waals surface area contributed by atoms with Gasteiger partial charge in [-0.25, -0.2) is 0 Å². The molecular formula is C18H21N3O2. The van der Waals surface area contributed by atoms with Gasteiger partial charge in [0.2, 0.25) is 11.7 Å². The van der Waals surface area contributed by atoms with Crippen molar-refractivity contribution in [2.24, 2.45) is 5.41 Å². The van der Waals surface area contributed by atoms with Crippen LogP contribution in [-0.2, 0) is 17.6 Å². The van der Waals surface area contributed by atoms with E-state index in [-0.39, 0.29) is 0 Å². The molecule has 2 aliphatic carbocycles. The maximum Gasteiger partial charge on any atom is 0.230 e. The van der Waals surface area contributed by atoms with Gasteiger partial charge in [-0.15, -0.1) is 0 Å². The van der Waals surface area contributed by atoms with Gasteiger partial charge in [-0.1, -0.05) is 5.16 Å². The zero-order valence-corrected chi connectivity index (χ0v) is 13.3. The Morgan fingerprint density at radius 2 is 2.00 bits per heavy atom. The summed E-state index contributed by atoms with van der Waals surface area (Å²) < 4.78 is 11.1. The molecule has 23 heavy (non-hydrogen) atoms. The molecule has 0 N–H and O–H groups in total. The van der Waals surface area contributed by atoms with E-state index in [0.717, 1.165) is 56.9 Å². The van der Waals surface area contributed by atoms with Crippen molar-refractivity contribution in [1.29, 1.82) is 0 Å². The Kier molecular flexibility index (Phi) is 3.05. The number of rotatable bonds is 2. The van der Waals surface area contributed by atoms with Crippen LogP contribution in [0.4, 0.5) is 0 Å². The van der Waals surface area contributed by atoms with E-state index in [1.807, 2.05) is 6.20 Å². The molecule has 1 atom stereocenters. The Labute approximate surface area is 135 Å². The number of nitrogens with zero attached hydrogens (tertiary/aromatic N) is 3. The highest BCUT2D eigenvalue weighted by Gasteiger charge is 2.57. The number of pyridine rings is 1. The van der Waals surface area contributed by atoms with Gasteiger partial charge in [-0.3, -0.25) is 4.98 Å². The lowest BCUT2D eigenvalue weighted by Crippen LogP contribution is -2.18. The summed E-state index contributed by atoms with van der Waals surface area (Å²) in [6.07, 6.45) is 9.99. The van der Waals surface area contributed by atoms with Gasteiger partial charge in [0.25, 0.3) is 0 Å². The van der Waals surface area contributed by atoms with Crippen molar-refractivity contribution in [3.8, 4) is 11.5 Å². The van der Waals surface area contributed by atoms with Crippen LogP contribution in [-0.4, -0.2) is 28.3 Å². The van der Waals surface area contributed by atoms with Crippen LogP contribution in [0.15, 0.2) is 16.8 Å². The average Bonchev–Trinajstić information content (AvgIpc) is 3.08. The third kappa shape index (κ3) is 2.21. The molecule has 5 heteroatoms. The van der Waals surface area contributed by atoms with Gasteiger partial charge in [0, 0.05) is 25.3 Å². The number of fused-ring (bicyclic) bond motifs is 1. The fourth-order valence-corrected chi connectivity index (χ4v) is 4.36. The van der Waals surface area contributed by atoms with Gasteiger partial charge in [-0.2, -0.15) is 4.98 Å². The zero-order valence-electron chi connectivity index (χ0n) is 13.3. The minimum atomic E-state index is 0.367. The van der Waals surface area contributed by atoms with E-state index >= 15 is 0 Å². The van der Waals surface area contributed by atoms with Gasteiger partial charge >= 0.3 is 0 Å². The predicted octanol–water partition coefficient (Wildman–Crippen LogP) is 3.29. The largest absolute Gasteiger partial charge is 0.381 e. The third-order valence-electron chi connectivity index (χ3n) is 5.91. The van der Waals surface area contributed by atoms with Crippen molar-refractivity contribution in [2.45, 2.75) is 50.9 Å². The first kappa shape index (κ1) is 13.7. The molecule has 5 rings (SSSR count). The molecule has 0 amide bonds. The summed E-state index contributed by atoms with van der Waals surface area (Å²) in [7, 11) is 0. The standard InChI is InChI=1S/C18H21N3O2/c1-2-4-13-12(3-1)5-8-19-15(13)16-20-17(23-21-16)14-11-18(14)6-9-22-10-7-18/h5,8,14H,1-4,6-7,9-11H2. The third-order valence-corrected chi connectivity index (χ3v) is 5.91. The molecule has 1 saturated heterocycles. The summed E-state index contributed by atoms with van der Waals surface area (Å²) in [5.74, 6) is 1.90. The first-order valence-corrected chi connectivity index (χ1v) is 8.74. The first-order valence-electron chi connectivity index (χ1n) is 8.74. The summed E-state index contributed by atoms with van der Waals surface area (Å²) >= 11 is 0. The molecule has 3 heterocycles. The maximum absolute atomic E-state index is 5.62. The molecule has 2 aromatic rings. The first-order chi connectivity index (χ1) is 11.4. The molecule has 1 saturated carbocycles. The molecule has 1 spiro atoms. The van der Waals surface area contributed by atoms with Crippen LogP contribution in [0.3, 0.4) is 0 Å². The lowest BCUT2D eigenvalue weighted by molar-refractivity contribution is 0.0544. The van der Waals surface area contributed by atoms with E-state index in [2.05, 4.69) is 16.2 Å². The second-order valence-corrected chi connectivity index (χ2v) is 7.19. The Bertz CT molecular complexity index is 734. The fraction of sp³-hybridized carbons (Fsp3) is 0.611. The van der Waals surface area contributed by atoms with Crippen LogP contribution in [0.1, 0.15) is 55.0 Å². The van der Waals surface area contributed by atoms with E-state index in [0.29, 0.717) is 17.2 Å². The Morgan fingerprint density at radius 1 is 1.13 bits per heavy atom. The van der Waals surface area contributed by atoms with Gasteiger partial charge in [0.1, 0.15) is 5.69 Å². The van der Waals surface area contributed by atoms with Gasteiger partial charge in [0.05, 0.1) is 0 Å². The van der Waals surface area contributed by atoms with Crippen LogP contribution < -0.4 is 0 Å². The summed E-state index contributed by atoms with van der Waals surface area (Å²) in [6.45, 7) is 1.73. The van der Waals surface area contributed by atoms with Crippen LogP contribution in [0.5, 0.6) is 0 Å². The maximum atomic E-state index is 5.62. The molecule has 3 aliphatic rings. The van der Waals surface area contributed by atoms with E-state index in [1.165, 1.54) is 24.0 Å². The average molecular weight is 311 g/mol. The van der Waals surface area contributed by atoms with Crippen LogP contribution >= 0.6 is 0 Å². The topological polar surface area (TPSA) is 61.0 Å². The second-order valence-electron chi connectivity index (χ2n) is 7.19. The van der Waals surface area contributed by atoms with Crippen molar-refractivity contribution in [3.63, 3.8) is 0 Å². The molecule has 0 bridgehead atoms. The highest BCUT2D eigenvalue weighted by atomic mass is 16.5. The zero-order chi connectivity index (χ0) is 15.3. The predicted molar refractivity (Wildman–Crippen MR) is 84.0 cm³/mol. The fourth-order valence-electron chi connectivity index (χ4n) is 4.36. The molecule has 1 unspecified atom stereocenters. The van der Waals surface area contributed by atoms with Gasteiger partial charge in [0.15, 0.2) is 0 Å². The van der Waals surface area contributed by atoms with Gasteiger partial charge < -0.3 is 9.26 Å². The molecule has 2 fully saturated rings. The Hall–Kier alpha value is -1.75. The number of aromatic nitrogens is 3. The van der Waals surface area contributed by atoms with Crippen molar-refractivity contribution in [3.05, 3.63) is 29.3 Å². The molecule has 1 aliphatic heterocycles. The molecular weight excluding hydrogens is 290 g/mol. The van der Waals surface area contributed by atoms with Crippen molar-refractivity contribution < 1.29 is 9.26 Å². The summed E-state index contributed by atoms with van der Waals surface area (Å²) in [5, 5.41) is 4.25. The number of aryl methyl sites for hydroxylation is 1. The molecule has 2 aromatic heterocycles. The van der Waals surface area contributed by atoms with E-state index in [4.69, 9.17) is 14.2 Å². The smallest absolute Gasteiger partial charge is 0.230 e. The lowest BCUT2D eigenvalue weighted by atomic mass is 9.91.